The molecule has 156 valence electrons. The third kappa shape index (κ3) is 3.83. The Kier molecular flexibility index (Phi) is 5.23. The van der Waals surface area contributed by atoms with Crippen LogP contribution in [0, 0.1) is 13.8 Å². The molecule has 0 spiro atoms. The van der Waals surface area contributed by atoms with Gasteiger partial charge in [-0.3, -0.25) is 4.99 Å². The molecule has 1 aliphatic heterocycles. The number of hydrogen-bond acceptors (Lipinski definition) is 2. The summed E-state index contributed by atoms with van der Waals surface area (Å²) in [7, 11) is 0. The highest BCUT2D eigenvalue weighted by Gasteiger charge is 2.41. The van der Waals surface area contributed by atoms with Crippen molar-refractivity contribution in [1.29, 1.82) is 0 Å². The fraction of sp³-hybridized carbons (Fsp3) is 0.276. The molecule has 2 unspecified atom stereocenters. The fourth-order valence-corrected chi connectivity index (χ4v) is 5.15. The first-order chi connectivity index (χ1) is 15.1. The summed E-state index contributed by atoms with van der Waals surface area (Å²) in [4.78, 5) is 7.37. The Morgan fingerprint density at radius 1 is 0.968 bits per heavy atom. The Morgan fingerprint density at radius 3 is 2.58 bits per heavy atom. The summed E-state index contributed by atoms with van der Waals surface area (Å²) < 4.78 is 0. The van der Waals surface area contributed by atoms with Gasteiger partial charge in [-0.15, -0.1) is 0 Å². The first-order valence-electron chi connectivity index (χ1n) is 11.4. The lowest BCUT2D eigenvalue weighted by atomic mass is 9.96. The van der Waals surface area contributed by atoms with Crippen LogP contribution in [-0.2, 0) is 0 Å². The summed E-state index contributed by atoms with van der Waals surface area (Å²) in [6.45, 7) is 6.33. The number of anilines is 2. The van der Waals surface area contributed by atoms with Gasteiger partial charge in [0, 0.05) is 29.0 Å². The molecule has 0 N–H and O–H groups in total. The Hall–Kier alpha value is -3.13. The van der Waals surface area contributed by atoms with Crippen LogP contribution in [0.2, 0.25) is 0 Å². The molecule has 1 aliphatic carbocycles. The standard InChI is InChI=1S/C29H30N2/c1-20-11-16-24(17-12-20)31-28-10-6-8-25(28)26-19-23(15-18-29(26)31)14-13-22(3)30-27-9-5-4-7-21(27)2/h4-5,7,9,11-19,25,28H,6,8,10H2,1-3H3/b14-13+,30-22+. The number of hydrogen-bond donors (Lipinski definition) is 0. The molecule has 3 aromatic rings. The van der Waals surface area contributed by atoms with Gasteiger partial charge in [-0.25, -0.2) is 0 Å². The van der Waals surface area contributed by atoms with Gasteiger partial charge in [0.2, 0.25) is 0 Å². The zero-order chi connectivity index (χ0) is 21.4. The van der Waals surface area contributed by atoms with Crippen LogP contribution >= 0.6 is 0 Å². The van der Waals surface area contributed by atoms with Gasteiger partial charge in [0.05, 0.1) is 5.69 Å². The first-order valence-corrected chi connectivity index (χ1v) is 11.4. The molecule has 1 saturated carbocycles. The molecule has 0 bridgehead atoms. The van der Waals surface area contributed by atoms with Gasteiger partial charge in [-0.05, 0) is 86.7 Å². The second-order valence-electron chi connectivity index (χ2n) is 9.00. The lowest BCUT2D eigenvalue weighted by Gasteiger charge is -2.27. The molecule has 1 fully saturated rings. The summed E-state index contributed by atoms with van der Waals surface area (Å²) in [5, 5.41) is 0. The third-order valence-electron chi connectivity index (χ3n) is 6.76. The van der Waals surface area contributed by atoms with E-state index in [4.69, 9.17) is 4.99 Å². The van der Waals surface area contributed by atoms with Crippen molar-refractivity contribution in [2.24, 2.45) is 4.99 Å². The normalized spacial score (nSPS) is 20.4. The van der Waals surface area contributed by atoms with Crippen LogP contribution in [0.15, 0.2) is 77.8 Å². The first kappa shape index (κ1) is 19.8. The van der Waals surface area contributed by atoms with Gasteiger partial charge in [0.15, 0.2) is 0 Å². The maximum atomic E-state index is 4.78. The van der Waals surface area contributed by atoms with Crippen molar-refractivity contribution in [3.05, 3.63) is 95.1 Å². The van der Waals surface area contributed by atoms with Crippen molar-refractivity contribution >= 4 is 28.8 Å². The molecule has 0 amide bonds. The Bertz CT molecular complexity index is 1150. The van der Waals surface area contributed by atoms with E-state index >= 15 is 0 Å². The number of fused-ring (bicyclic) bond motifs is 3. The maximum absolute atomic E-state index is 4.78. The lowest BCUT2D eigenvalue weighted by Crippen LogP contribution is -2.26. The molecule has 0 saturated heterocycles. The minimum Gasteiger partial charge on any atom is -0.338 e. The molecular weight excluding hydrogens is 376 g/mol. The predicted octanol–water partition coefficient (Wildman–Crippen LogP) is 7.90. The van der Waals surface area contributed by atoms with E-state index in [1.807, 2.05) is 6.07 Å². The SMILES string of the molecule is CC(/C=C/c1ccc2c(c1)C1CCCC1N2c1ccc(C)cc1)=N\c1ccccc1C. The van der Waals surface area contributed by atoms with Crippen LogP contribution in [0.4, 0.5) is 17.1 Å². The number of aryl methyl sites for hydroxylation is 2. The van der Waals surface area contributed by atoms with Gasteiger partial charge >= 0.3 is 0 Å². The quantitative estimate of drug-likeness (QED) is 0.402. The highest BCUT2D eigenvalue weighted by Crippen LogP contribution is 2.52. The molecule has 0 aromatic heterocycles. The van der Waals surface area contributed by atoms with E-state index in [0.717, 1.165) is 11.4 Å². The van der Waals surface area contributed by atoms with E-state index < -0.39 is 0 Å². The second-order valence-corrected chi connectivity index (χ2v) is 9.00. The summed E-state index contributed by atoms with van der Waals surface area (Å²) in [6, 6.07) is 24.9. The van der Waals surface area contributed by atoms with Crippen LogP contribution in [0.5, 0.6) is 0 Å². The summed E-state index contributed by atoms with van der Waals surface area (Å²) >= 11 is 0. The van der Waals surface area contributed by atoms with Gasteiger partial charge in [0.25, 0.3) is 0 Å². The zero-order valence-corrected chi connectivity index (χ0v) is 18.7. The molecule has 5 rings (SSSR count). The Balaban J connectivity index is 1.44. The van der Waals surface area contributed by atoms with Crippen molar-refractivity contribution < 1.29 is 0 Å². The topological polar surface area (TPSA) is 15.6 Å². The van der Waals surface area contributed by atoms with E-state index in [1.54, 1.807) is 0 Å². The van der Waals surface area contributed by atoms with Crippen molar-refractivity contribution in [1.82, 2.24) is 0 Å². The minimum absolute atomic E-state index is 0.598. The van der Waals surface area contributed by atoms with E-state index in [9.17, 15) is 0 Å². The Morgan fingerprint density at radius 2 is 1.77 bits per heavy atom. The summed E-state index contributed by atoms with van der Waals surface area (Å²) in [5.41, 5.74) is 10.1. The molecule has 2 nitrogen and oxygen atoms in total. The highest BCUT2D eigenvalue weighted by atomic mass is 15.2. The Labute approximate surface area is 186 Å². The van der Waals surface area contributed by atoms with Gasteiger partial charge in [0.1, 0.15) is 0 Å². The van der Waals surface area contributed by atoms with Gasteiger partial charge in [-0.1, -0.05) is 54.5 Å². The number of rotatable bonds is 4. The molecule has 31 heavy (non-hydrogen) atoms. The number of aliphatic imine (C=N–C) groups is 1. The number of benzene rings is 3. The molecule has 0 radical (unpaired) electrons. The third-order valence-corrected chi connectivity index (χ3v) is 6.76. The van der Waals surface area contributed by atoms with Crippen molar-refractivity contribution in [2.45, 2.75) is 52.0 Å². The van der Waals surface area contributed by atoms with Crippen molar-refractivity contribution in [2.75, 3.05) is 4.90 Å². The average molecular weight is 407 g/mol. The maximum Gasteiger partial charge on any atom is 0.0661 e. The number of para-hydroxylation sites is 1. The zero-order valence-electron chi connectivity index (χ0n) is 18.7. The molecule has 2 atom stereocenters. The summed E-state index contributed by atoms with van der Waals surface area (Å²) in [6.07, 6.45) is 8.23. The molecule has 2 aliphatic rings. The summed E-state index contributed by atoms with van der Waals surface area (Å²) in [5.74, 6) is 0.645. The van der Waals surface area contributed by atoms with Crippen LogP contribution < -0.4 is 4.90 Å². The monoisotopic (exact) mass is 406 g/mol. The number of allylic oxidation sites excluding steroid dienone is 1. The average Bonchev–Trinajstić information content (AvgIpc) is 3.36. The van der Waals surface area contributed by atoms with E-state index in [0.29, 0.717) is 12.0 Å². The predicted molar refractivity (Wildman–Crippen MR) is 133 cm³/mol. The molecule has 2 heteroatoms. The molecular formula is C29H30N2. The smallest absolute Gasteiger partial charge is 0.0661 e. The van der Waals surface area contributed by atoms with E-state index in [-0.39, 0.29) is 0 Å². The van der Waals surface area contributed by atoms with Gasteiger partial charge in [-0.2, -0.15) is 0 Å². The minimum atomic E-state index is 0.598. The van der Waals surface area contributed by atoms with Crippen molar-refractivity contribution in [3.8, 4) is 0 Å². The highest BCUT2D eigenvalue weighted by molar-refractivity contribution is 5.98. The van der Waals surface area contributed by atoms with E-state index in [2.05, 4.69) is 98.5 Å². The fourth-order valence-electron chi connectivity index (χ4n) is 5.15. The second kappa shape index (κ2) is 8.19. The lowest BCUT2D eigenvalue weighted by molar-refractivity contribution is 0.642. The van der Waals surface area contributed by atoms with Crippen LogP contribution in [0.25, 0.3) is 6.08 Å². The van der Waals surface area contributed by atoms with Gasteiger partial charge < -0.3 is 4.90 Å². The van der Waals surface area contributed by atoms with Crippen LogP contribution in [-0.4, -0.2) is 11.8 Å². The van der Waals surface area contributed by atoms with Crippen LogP contribution in [0.3, 0.4) is 0 Å². The molecule has 1 heterocycles. The van der Waals surface area contributed by atoms with Crippen LogP contribution in [0.1, 0.15) is 54.4 Å². The van der Waals surface area contributed by atoms with Crippen molar-refractivity contribution in [3.63, 3.8) is 0 Å². The largest absolute Gasteiger partial charge is 0.338 e. The number of nitrogens with zero attached hydrogens (tertiary/aromatic N) is 2. The van der Waals surface area contributed by atoms with E-state index in [1.165, 1.54) is 52.9 Å². The molecule has 3 aromatic carbocycles.